The van der Waals surface area contributed by atoms with Gasteiger partial charge in [0.1, 0.15) is 5.82 Å². The first-order valence-electron chi connectivity index (χ1n) is 3.40. The highest BCUT2D eigenvalue weighted by Gasteiger charge is 2.02. The van der Waals surface area contributed by atoms with Crippen molar-refractivity contribution in [3.8, 4) is 0 Å². The molecule has 0 aliphatic carbocycles. The quantitative estimate of drug-likeness (QED) is 0.595. The average Bonchev–Trinajstić information content (AvgIpc) is 1.85. The summed E-state index contributed by atoms with van der Waals surface area (Å²) in [7, 11) is 3.61. The van der Waals surface area contributed by atoms with Crippen molar-refractivity contribution in [3.05, 3.63) is 36.5 Å². The molecule has 0 saturated carbocycles. The van der Waals surface area contributed by atoms with Crippen molar-refractivity contribution in [2.75, 3.05) is 19.0 Å². The molecule has 0 unspecified atom stereocenters. The van der Waals surface area contributed by atoms with Crippen molar-refractivity contribution < 1.29 is 4.39 Å². The topological polar surface area (TPSA) is 3.24 Å². The molecule has 0 aliphatic heterocycles. The Bertz CT molecular complexity index is 256. The third kappa shape index (κ3) is 1.70. The highest BCUT2D eigenvalue weighted by molar-refractivity contribution is 5.48. The number of hydrogen-bond acceptors (Lipinski definition) is 1. The van der Waals surface area contributed by atoms with Gasteiger partial charge in [-0.3, -0.25) is 0 Å². The van der Waals surface area contributed by atoms with Crippen LogP contribution in [-0.2, 0) is 0 Å². The summed E-state index contributed by atoms with van der Waals surface area (Å²) in [5.41, 5.74) is 1.30. The second-order valence-corrected chi connectivity index (χ2v) is 2.68. The Kier molecular flexibility index (Phi) is 2.13. The summed E-state index contributed by atoms with van der Waals surface area (Å²) in [6.45, 7) is 3.62. The zero-order valence-electron chi connectivity index (χ0n) is 6.76. The molecule has 1 aromatic carbocycles. The highest BCUT2D eigenvalue weighted by atomic mass is 19.1. The lowest BCUT2D eigenvalue weighted by molar-refractivity contribution is 0.625. The van der Waals surface area contributed by atoms with Gasteiger partial charge in [-0.25, -0.2) is 4.39 Å². The Morgan fingerprint density at radius 3 is 2.45 bits per heavy atom. The van der Waals surface area contributed by atoms with Gasteiger partial charge in [-0.15, -0.1) is 0 Å². The van der Waals surface area contributed by atoms with Crippen LogP contribution < -0.4 is 4.90 Å². The van der Waals surface area contributed by atoms with Crippen LogP contribution in [0, 0.1) is 12.7 Å². The first-order valence-corrected chi connectivity index (χ1v) is 3.40. The first kappa shape index (κ1) is 8.05. The molecule has 59 valence electrons. The molecule has 0 bridgehead atoms. The number of benzene rings is 1. The van der Waals surface area contributed by atoms with E-state index in [9.17, 15) is 4.39 Å². The van der Waals surface area contributed by atoms with Crippen molar-refractivity contribution in [2.24, 2.45) is 0 Å². The fourth-order valence-corrected chi connectivity index (χ4v) is 0.913. The maximum atomic E-state index is 13.0. The Hall–Kier alpha value is -1.05. The third-order valence-electron chi connectivity index (χ3n) is 1.49. The number of anilines is 1. The summed E-state index contributed by atoms with van der Waals surface area (Å²) in [5.74, 6) is -0.220. The van der Waals surface area contributed by atoms with E-state index in [0.29, 0.717) is 11.3 Å². The number of rotatable bonds is 1. The smallest absolute Gasteiger partial charge is 0.146 e. The van der Waals surface area contributed by atoms with E-state index in [1.165, 1.54) is 6.07 Å². The van der Waals surface area contributed by atoms with Crippen LogP contribution in [0.5, 0.6) is 0 Å². The summed E-state index contributed by atoms with van der Waals surface area (Å²) >= 11 is 0. The lowest BCUT2D eigenvalue weighted by atomic mass is 10.2. The molecule has 1 rings (SSSR count). The highest BCUT2D eigenvalue weighted by Crippen LogP contribution is 2.17. The van der Waals surface area contributed by atoms with Crippen molar-refractivity contribution in [3.63, 3.8) is 0 Å². The van der Waals surface area contributed by atoms with E-state index in [1.54, 1.807) is 31.1 Å². The van der Waals surface area contributed by atoms with Crippen molar-refractivity contribution in [2.45, 2.75) is 0 Å². The molecule has 0 amide bonds. The van der Waals surface area contributed by atoms with Crippen LogP contribution >= 0.6 is 0 Å². The van der Waals surface area contributed by atoms with Gasteiger partial charge in [0.15, 0.2) is 0 Å². The molecule has 0 aromatic heterocycles. The van der Waals surface area contributed by atoms with Gasteiger partial charge in [0.25, 0.3) is 0 Å². The fraction of sp³-hybridized carbons (Fsp3) is 0.222. The van der Waals surface area contributed by atoms with E-state index < -0.39 is 0 Å². The van der Waals surface area contributed by atoms with Gasteiger partial charge < -0.3 is 4.90 Å². The maximum absolute atomic E-state index is 13.0. The van der Waals surface area contributed by atoms with Crippen LogP contribution in [0.1, 0.15) is 5.56 Å². The minimum absolute atomic E-state index is 0.220. The fourth-order valence-electron chi connectivity index (χ4n) is 0.913. The van der Waals surface area contributed by atoms with Gasteiger partial charge in [-0.1, -0.05) is 6.07 Å². The van der Waals surface area contributed by atoms with Crippen LogP contribution in [-0.4, -0.2) is 14.1 Å². The van der Waals surface area contributed by atoms with Crippen molar-refractivity contribution in [1.29, 1.82) is 0 Å². The molecule has 1 aromatic rings. The molecule has 1 nitrogen and oxygen atoms in total. The molecule has 2 heteroatoms. The molecule has 1 radical (unpaired) electrons. The van der Waals surface area contributed by atoms with E-state index in [2.05, 4.69) is 6.92 Å². The lowest BCUT2D eigenvalue weighted by Crippen LogP contribution is -2.10. The minimum Gasteiger partial charge on any atom is -0.375 e. The summed E-state index contributed by atoms with van der Waals surface area (Å²) in [5, 5.41) is 0. The van der Waals surface area contributed by atoms with Crippen LogP contribution in [0.2, 0.25) is 0 Å². The summed E-state index contributed by atoms with van der Waals surface area (Å²) < 4.78 is 13.0. The number of halogens is 1. The van der Waals surface area contributed by atoms with Crippen LogP contribution in [0.15, 0.2) is 18.2 Å². The van der Waals surface area contributed by atoms with Crippen molar-refractivity contribution in [1.82, 2.24) is 0 Å². The van der Waals surface area contributed by atoms with Gasteiger partial charge in [-0.2, -0.15) is 0 Å². The molecular weight excluding hydrogens is 141 g/mol. The average molecular weight is 152 g/mol. The SMILES string of the molecule is [CH2]c1ccc(N(C)C)c(F)c1. The predicted octanol–water partition coefficient (Wildman–Crippen LogP) is 2.07. The van der Waals surface area contributed by atoms with Gasteiger partial charge in [0.2, 0.25) is 0 Å². The van der Waals surface area contributed by atoms with E-state index in [1.807, 2.05) is 0 Å². The second kappa shape index (κ2) is 2.91. The predicted molar refractivity (Wildman–Crippen MR) is 45.2 cm³/mol. The summed E-state index contributed by atoms with van der Waals surface area (Å²) in [6, 6.07) is 4.94. The summed E-state index contributed by atoms with van der Waals surface area (Å²) in [4.78, 5) is 1.73. The number of nitrogens with zero attached hydrogens (tertiary/aromatic N) is 1. The van der Waals surface area contributed by atoms with Gasteiger partial charge in [0, 0.05) is 14.1 Å². The molecule has 11 heavy (non-hydrogen) atoms. The molecule has 0 heterocycles. The first-order chi connectivity index (χ1) is 5.11. The lowest BCUT2D eigenvalue weighted by Gasteiger charge is -2.13. The number of hydrogen-bond donors (Lipinski definition) is 0. The van der Waals surface area contributed by atoms with Gasteiger partial charge in [-0.05, 0) is 24.6 Å². The standard InChI is InChI=1S/C9H11FN/c1-7-4-5-9(11(2)3)8(10)6-7/h4-6H,1H2,2-3H3. The van der Waals surface area contributed by atoms with E-state index in [-0.39, 0.29) is 5.82 Å². The Labute approximate surface area is 66.5 Å². The Morgan fingerprint density at radius 2 is 2.00 bits per heavy atom. The Balaban J connectivity index is 3.09. The minimum atomic E-state index is -0.220. The zero-order valence-corrected chi connectivity index (χ0v) is 6.76. The molecule has 0 saturated heterocycles. The second-order valence-electron chi connectivity index (χ2n) is 2.68. The maximum Gasteiger partial charge on any atom is 0.146 e. The third-order valence-corrected chi connectivity index (χ3v) is 1.49. The summed E-state index contributed by atoms with van der Waals surface area (Å²) in [6.07, 6.45) is 0. The molecule has 0 fully saturated rings. The van der Waals surface area contributed by atoms with E-state index >= 15 is 0 Å². The molecule has 0 aliphatic rings. The molecular formula is C9H11FN. The van der Waals surface area contributed by atoms with Gasteiger partial charge >= 0.3 is 0 Å². The normalized spacial score (nSPS) is 9.82. The molecule has 0 spiro atoms. The van der Waals surface area contributed by atoms with Crippen LogP contribution in [0.4, 0.5) is 10.1 Å². The zero-order chi connectivity index (χ0) is 8.43. The van der Waals surface area contributed by atoms with E-state index in [0.717, 1.165) is 0 Å². The van der Waals surface area contributed by atoms with Crippen molar-refractivity contribution >= 4 is 5.69 Å². The monoisotopic (exact) mass is 152 g/mol. The Morgan fingerprint density at radius 1 is 1.36 bits per heavy atom. The molecule has 0 N–H and O–H groups in total. The molecule has 0 atom stereocenters. The largest absolute Gasteiger partial charge is 0.375 e. The van der Waals surface area contributed by atoms with E-state index in [4.69, 9.17) is 0 Å². The van der Waals surface area contributed by atoms with Crippen LogP contribution in [0.25, 0.3) is 0 Å². The van der Waals surface area contributed by atoms with Crippen LogP contribution in [0.3, 0.4) is 0 Å². The van der Waals surface area contributed by atoms with Gasteiger partial charge in [0.05, 0.1) is 5.69 Å².